The average molecular weight is 383 g/mol. The highest BCUT2D eigenvalue weighted by Crippen LogP contribution is 2.37. The molecule has 3 rings (SSSR count). The largest absolute Gasteiger partial charge is 0.0654 e. The van der Waals surface area contributed by atoms with E-state index in [0.29, 0.717) is 0 Å². The zero-order valence-electron chi connectivity index (χ0n) is 18.9. The van der Waals surface area contributed by atoms with Gasteiger partial charge in [0.1, 0.15) is 0 Å². The Morgan fingerprint density at radius 2 is 1.11 bits per heavy atom. The first-order chi connectivity index (χ1) is 13.8. The number of unbranched alkanes of at least 4 members (excludes halogenated alkanes) is 1. The van der Waals surface area contributed by atoms with Crippen molar-refractivity contribution in [2.75, 3.05) is 0 Å². The van der Waals surface area contributed by atoms with Crippen LogP contribution in [0.25, 0.3) is 0 Å². The summed E-state index contributed by atoms with van der Waals surface area (Å²) in [6.07, 6.45) is 23.1. The van der Waals surface area contributed by atoms with Crippen molar-refractivity contribution in [2.45, 2.75) is 122 Å². The lowest BCUT2D eigenvalue weighted by Gasteiger charge is -2.28. The molecule has 0 aliphatic heterocycles. The molecule has 0 heterocycles. The third-order valence-corrected chi connectivity index (χ3v) is 7.99. The number of rotatable bonds is 10. The van der Waals surface area contributed by atoms with Crippen molar-refractivity contribution in [3.8, 4) is 0 Å². The van der Waals surface area contributed by atoms with Crippen LogP contribution < -0.4 is 0 Å². The van der Waals surface area contributed by atoms with Crippen molar-refractivity contribution in [1.82, 2.24) is 0 Å². The lowest BCUT2D eigenvalue weighted by molar-refractivity contribution is 0.248. The number of aryl methyl sites for hydroxylation is 1. The van der Waals surface area contributed by atoms with Gasteiger partial charge >= 0.3 is 0 Å². The minimum absolute atomic E-state index is 0.838. The zero-order valence-corrected chi connectivity index (χ0v) is 18.9. The fraction of sp³-hybridized carbons (Fsp3) is 0.786. The summed E-state index contributed by atoms with van der Waals surface area (Å²) in [5.74, 6) is 3.95. The van der Waals surface area contributed by atoms with E-state index in [0.717, 1.165) is 23.7 Å². The average Bonchev–Trinajstić information content (AvgIpc) is 2.74. The van der Waals surface area contributed by atoms with Crippen LogP contribution in [0.15, 0.2) is 24.3 Å². The topological polar surface area (TPSA) is 0 Å². The third-order valence-electron chi connectivity index (χ3n) is 7.99. The van der Waals surface area contributed by atoms with E-state index in [1.807, 2.05) is 0 Å². The van der Waals surface area contributed by atoms with Gasteiger partial charge in [0.05, 0.1) is 0 Å². The number of hydrogen-bond acceptors (Lipinski definition) is 0. The van der Waals surface area contributed by atoms with Gasteiger partial charge in [-0.05, 0) is 73.3 Å². The second-order valence-electron chi connectivity index (χ2n) is 10.2. The Hall–Kier alpha value is -0.780. The second-order valence-corrected chi connectivity index (χ2v) is 10.2. The summed E-state index contributed by atoms with van der Waals surface area (Å²) in [6, 6.07) is 9.77. The Morgan fingerprint density at radius 1 is 0.607 bits per heavy atom. The minimum Gasteiger partial charge on any atom is -0.0654 e. The molecule has 0 atom stereocenters. The molecule has 0 bridgehead atoms. The highest BCUT2D eigenvalue weighted by molar-refractivity contribution is 5.26. The first kappa shape index (κ1) is 21.9. The molecule has 0 heteroatoms. The summed E-state index contributed by atoms with van der Waals surface area (Å²) in [7, 11) is 0. The highest BCUT2D eigenvalue weighted by Gasteiger charge is 2.22. The lowest BCUT2D eigenvalue weighted by atomic mass is 9.77. The van der Waals surface area contributed by atoms with E-state index in [9.17, 15) is 0 Å². The van der Waals surface area contributed by atoms with Crippen LogP contribution in [0.1, 0.15) is 127 Å². The third kappa shape index (κ3) is 6.93. The van der Waals surface area contributed by atoms with Crippen molar-refractivity contribution < 1.29 is 0 Å². The molecule has 2 aliphatic carbocycles. The highest BCUT2D eigenvalue weighted by atomic mass is 14.3. The van der Waals surface area contributed by atoms with Crippen LogP contribution in [0.5, 0.6) is 0 Å². The Balaban J connectivity index is 1.31. The van der Waals surface area contributed by atoms with Crippen molar-refractivity contribution in [1.29, 1.82) is 0 Å². The molecule has 0 amide bonds. The molecule has 0 saturated heterocycles. The van der Waals surface area contributed by atoms with Crippen LogP contribution in [0.4, 0.5) is 0 Å². The molecule has 0 spiro atoms. The van der Waals surface area contributed by atoms with Gasteiger partial charge in [-0.15, -0.1) is 0 Å². The van der Waals surface area contributed by atoms with Crippen LogP contribution in [0.3, 0.4) is 0 Å². The monoisotopic (exact) mass is 382 g/mol. The summed E-state index contributed by atoms with van der Waals surface area (Å²) < 4.78 is 0. The van der Waals surface area contributed by atoms with Crippen LogP contribution in [0, 0.1) is 17.8 Å². The van der Waals surface area contributed by atoms with Crippen molar-refractivity contribution in [3.05, 3.63) is 35.4 Å². The maximum atomic E-state index is 2.45. The number of hydrogen-bond donors (Lipinski definition) is 0. The van der Waals surface area contributed by atoms with Crippen LogP contribution in [0.2, 0.25) is 0 Å². The number of benzene rings is 1. The molecule has 0 aromatic heterocycles. The molecule has 0 radical (unpaired) electrons. The predicted molar refractivity (Wildman–Crippen MR) is 124 cm³/mol. The maximum Gasteiger partial charge on any atom is -0.0162 e. The van der Waals surface area contributed by atoms with Gasteiger partial charge in [0.2, 0.25) is 0 Å². The summed E-state index contributed by atoms with van der Waals surface area (Å²) >= 11 is 0. The van der Waals surface area contributed by atoms with Gasteiger partial charge in [-0.3, -0.25) is 0 Å². The maximum absolute atomic E-state index is 2.45. The van der Waals surface area contributed by atoms with Gasteiger partial charge in [-0.25, -0.2) is 0 Å². The summed E-state index contributed by atoms with van der Waals surface area (Å²) in [4.78, 5) is 0. The van der Waals surface area contributed by atoms with Gasteiger partial charge in [0, 0.05) is 0 Å². The van der Waals surface area contributed by atoms with Crippen LogP contribution in [-0.2, 0) is 6.42 Å². The molecule has 2 saturated carbocycles. The molecule has 28 heavy (non-hydrogen) atoms. The van der Waals surface area contributed by atoms with Gasteiger partial charge in [0.25, 0.3) is 0 Å². The zero-order chi connectivity index (χ0) is 19.6. The molecular formula is C28H46. The van der Waals surface area contributed by atoms with Crippen molar-refractivity contribution in [3.63, 3.8) is 0 Å². The van der Waals surface area contributed by atoms with E-state index in [-0.39, 0.29) is 0 Å². The fourth-order valence-corrected chi connectivity index (χ4v) is 6.13. The van der Waals surface area contributed by atoms with Gasteiger partial charge in [0.15, 0.2) is 0 Å². The Bertz CT molecular complexity index is 511. The molecule has 2 fully saturated rings. The Morgan fingerprint density at radius 3 is 1.64 bits per heavy atom. The predicted octanol–water partition coefficient (Wildman–Crippen LogP) is 9.08. The van der Waals surface area contributed by atoms with Crippen LogP contribution >= 0.6 is 0 Å². The van der Waals surface area contributed by atoms with Crippen molar-refractivity contribution in [2.24, 2.45) is 17.8 Å². The van der Waals surface area contributed by atoms with Crippen molar-refractivity contribution >= 4 is 0 Å². The first-order valence-electron chi connectivity index (χ1n) is 12.9. The van der Waals surface area contributed by atoms with E-state index in [1.54, 1.807) is 11.1 Å². The first-order valence-corrected chi connectivity index (χ1v) is 12.9. The van der Waals surface area contributed by atoms with E-state index >= 15 is 0 Å². The molecule has 0 unspecified atom stereocenters. The fourth-order valence-electron chi connectivity index (χ4n) is 6.13. The molecule has 0 nitrogen and oxygen atoms in total. The van der Waals surface area contributed by atoms with Gasteiger partial charge in [-0.2, -0.15) is 0 Å². The SMILES string of the molecule is CCC[C@H]1CC[C@H](CCCCc2ccc([C@H]3CC[C@H](CCC)CC3)cc2)CC1. The summed E-state index contributed by atoms with van der Waals surface area (Å²) in [5, 5.41) is 0. The smallest absolute Gasteiger partial charge is 0.0162 e. The quantitative estimate of drug-likeness (QED) is 0.354. The standard InChI is InChI=1S/C28H46/c1-3-7-23-11-13-25(14-12-23)9-5-6-10-26-17-21-28(22-18-26)27-19-15-24(8-4-2)16-20-27/h17-18,21-25,27H,3-16,19-20H2,1-2H3/t23-,24-,25-,27-. The lowest BCUT2D eigenvalue weighted by Crippen LogP contribution is -2.14. The normalized spacial score (nSPS) is 28.4. The van der Waals surface area contributed by atoms with Crippen LogP contribution in [-0.4, -0.2) is 0 Å². The molecule has 2 aliphatic rings. The molecular weight excluding hydrogens is 336 g/mol. The van der Waals surface area contributed by atoms with E-state index < -0.39 is 0 Å². The van der Waals surface area contributed by atoms with Gasteiger partial charge in [-0.1, -0.05) is 102 Å². The Labute approximate surface area is 175 Å². The second kappa shape index (κ2) is 12.0. The summed E-state index contributed by atoms with van der Waals surface area (Å²) in [6.45, 7) is 4.68. The minimum atomic E-state index is 0.838. The molecule has 158 valence electrons. The summed E-state index contributed by atoms with van der Waals surface area (Å²) in [5.41, 5.74) is 3.18. The van der Waals surface area contributed by atoms with Gasteiger partial charge < -0.3 is 0 Å². The Kier molecular flexibility index (Phi) is 9.42. The molecule has 1 aromatic carbocycles. The van der Waals surface area contributed by atoms with E-state index in [2.05, 4.69) is 38.1 Å². The van der Waals surface area contributed by atoms with E-state index in [1.165, 1.54) is 103 Å². The molecule has 0 N–H and O–H groups in total. The van der Waals surface area contributed by atoms with E-state index in [4.69, 9.17) is 0 Å². The molecule has 1 aromatic rings.